The summed E-state index contributed by atoms with van der Waals surface area (Å²) < 4.78 is 27.0. The first-order chi connectivity index (χ1) is 9.63. The van der Waals surface area contributed by atoms with Crippen LogP contribution in [0.25, 0.3) is 0 Å². The topological polar surface area (TPSA) is 12.0 Å². The highest BCUT2D eigenvalue weighted by atomic mass is 35.5. The van der Waals surface area contributed by atoms with E-state index in [1.165, 1.54) is 31.7 Å². The van der Waals surface area contributed by atoms with Crippen LogP contribution >= 0.6 is 11.6 Å². The summed E-state index contributed by atoms with van der Waals surface area (Å²) in [5.41, 5.74) is 0.278. The third kappa shape index (κ3) is 1.86. The minimum atomic E-state index is -0.623. The van der Waals surface area contributed by atoms with E-state index in [-0.39, 0.29) is 10.7 Å². The first-order valence-corrected chi connectivity index (χ1v) is 7.92. The van der Waals surface area contributed by atoms with Crippen LogP contribution in [0.3, 0.4) is 0 Å². The van der Waals surface area contributed by atoms with Gasteiger partial charge in [-0.2, -0.15) is 0 Å². The van der Waals surface area contributed by atoms with Crippen molar-refractivity contribution in [3.8, 4) is 0 Å². The van der Waals surface area contributed by atoms with Crippen LogP contribution in [0.2, 0.25) is 5.02 Å². The molecular formula is C16H18ClF2N. The van der Waals surface area contributed by atoms with Gasteiger partial charge in [0.2, 0.25) is 0 Å². The van der Waals surface area contributed by atoms with Crippen LogP contribution in [0.4, 0.5) is 14.5 Å². The molecule has 0 radical (unpaired) electrons. The summed E-state index contributed by atoms with van der Waals surface area (Å²) in [7, 11) is 0. The van der Waals surface area contributed by atoms with Crippen molar-refractivity contribution in [2.24, 2.45) is 23.7 Å². The zero-order valence-corrected chi connectivity index (χ0v) is 12.0. The number of anilines is 1. The number of nitrogens with one attached hydrogen (secondary N) is 1. The van der Waals surface area contributed by atoms with Crippen LogP contribution in [0.15, 0.2) is 12.1 Å². The van der Waals surface area contributed by atoms with Gasteiger partial charge in [-0.3, -0.25) is 0 Å². The Morgan fingerprint density at radius 1 is 1.05 bits per heavy atom. The maximum atomic E-state index is 13.9. The molecule has 1 aromatic carbocycles. The number of hydrogen-bond acceptors (Lipinski definition) is 1. The van der Waals surface area contributed by atoms with E-state index in [4.69, 9.17) is 11.6 Å². The van der Waals surface area contributed by atoms with Crippen molar-refractivity contribution < 1.29 is 8.78 Å². The normalized spacial score (nSPS) is 38.2. The average Bonchev–Trinajstić information content (AvgIpc) is 3.05. The molecule has 1 N–H and O–H groups in total. The molecule has 3 saturated carbocycles. The van der Waals surface area contributed by atoms with E-state index in [0.717, 1.165) is 30.2 Å². The number of fused-ring (bicyclic) bond motifs is 5. The monoisotopic (exact) mass is 297 g/mol. The number of rotatable bonds is 2. The Bertz CT molecular complexity index is 524. The molecule has 3 aliphatic rings. The van der Waals surface area contributed by atoms with E-state index >= 15 is 0 Å². The highest BCUT2D eigenvalue weighted by Gasteiger charge is 2.53. The third-order valence-corrected chi connectivity index (χ3v) is 6.06. The second-order valence-corrected chi connectivity index (χ2v) is 7.06. The minimum Gasteiger partial charge on any atom is -0.378 e. The van der Waals surface area contributed by atoms with Crippen molar-refractivity contribution in [1.82, 2.24) is 0 Å². The predicted molar refractivity (Wildman–Crippen MR) is 75.8 cm³/mol. The lowest BCUT2D eigenvalue weighted by Gasteiger charge is -2.33. The lowest BCUT2D eigenvalue weighted by molar-refractivity contribution is 0.243. The first-order valence-electron chi connectivity index (χ1n) is 7.54. The molecule has 0 aromatic heterocycles. The maximum absolute atomic E-state index is 13.9. The van der Waals surface area contributed by atoms with E-state index in [2.05, 4.69) is 5.32 Å². The van der Waals surface area contributed by atoms with Gasteiger partial charge >= 0.3 is 0 Å². The molecule has 0 heterocycles. The molecule has 0 amide bonds. The Hall–Kier alpha value is -0.830. The van der Waals surface area contributed by atoms with Gasteiger partial charge in [0.15, 0.2) is 5.82 Å². The Morgan fingerprint density at radius 2 is 1.85 bits per heavy atom. The van der Waals surface area contributed by atoms with E-state index in [9.17, 15) is 8.78 Å². The zero-order valence-electron chi connectivity index (χ0n) is 11.2. The molecule has 4 heteroatoms. The maximum Gasteiger partial charge on any atom is 0.150 e. The van der Waals surface area contributed by atoms with E-state index in [1.807, 2.05) is 0 Å². The van der Waals surface area contributed by atoms with Crippen molar-refractivity contribution in [2.75, 3.05) is 5.32 Å². The van der Waals surface area contributed by atoms with Gasteiger partial charge in [0.1, 0.15) is 5.82 Å². The summed E-state index contributed by atoms with van der Waals surface area (Å²) in [4.78, 5) is 0. The first kappa shape index (κ1) is 12.9. The molecule has 5 atom stereocenters. The molecule has 0 saturated heterocycles. The van der Waals surface area contributed by atoms with Crippen molar-refractivity contribution >= 4 is 17.3 Å². The highest BCUT2D eigenvalue weighted by Crippen LogP contribution is 2.59. The fraction of sp³-hybridized carbons (Fsp3) is 0.625. The number of hydrogen-bond donors (Lipinski definition) is 1. The highest BCUT2D eigenvalue weighted by molar-refractivity contribution is 6.33. The summed E-state index contributed by atoms with van der Waals surface area (Å²) in [6.45, 7) is 0. The number of benzene rings is 1. The molecular weight excluding hydrogens is 280 g/mol. The van der Waals surface area contributed by atoms with Gasteiger partial charge in [-0.1, -0.05) is 18.0 Å². The number of halogens is 3. The standard InChI is InChI=1S/C16H18ClF2N/c17-13-6-9(18)7-14(19)16(13)20-15-5-8-4-12(15)11-3-1-2-10(8)11/h6-8,10-12,15,20H,1-5H2. The van der Waals surface area contributed by atoms with Gasteiger partial charge in [0.25, 0.3) is 0 Å². The van der Waals surface area contributed by atoms with Gasteiger partial charge in [-0.25, -0.2) is 8.78 Å². The van der Waals surface area contributed by atoms with Crippen LogP contribution < -0.4 is 5.32 Å². The van der Waals surface area contributed by atoms with Crippen LogP contribution in [0.5, 0.6) is 0 Å². The molecule has 2 bridgehead atoms. The van der Waals surface area contributed by atoms with Gasteiger partial charge in [-0.15, -0.1) is 0 Å². The Labute approximate surface area is 122 Å². The second-order valence-electron chi connectivity index (χ2n) is 6.65. The second kappa shape index (κ2) is 4.59. The van der Waals surface area contributed by atoms with E-state index < -0.39 is 11.6 Å². The average molecular weight is 298 g/mol. The zero-order chi connectivity index (χ0) is 13.9. The predicted octanol–water partition coefficient (Wildman–Crippen LogP) is 4.85. The summed E-state index contributed by atoms with van der Waals surface area (Å²) in [6, 6.07) is 2.38. The summed E-state index contributed by atoms with van der Waals surface area (Å²) in [5.74, 6) is 1.96. The van der Waals surface area contributed by atoms with Crippen molar-refractivity contribution in [3.63, 3.8) is 0 Å². The SMILES string of the molecule is Fc1cc(F)c(NC2CC3CC2C2CCCC32)c(Cl)c1. The Kier molecular flexibility index (Phi) is 2.95. The molecule has 0 spiro atoms. The Balaban J connectivity index is 1.56. The van der Waals surface area contributed by atoms with E-state index in [1.54, 1.807) is 0 Å². The van der Waals surface area contributed by atoms with Gasteiger partial charge in [0.05, 0.1) is 10.7 Å². The van der Waals surface area contributed by atoms with Crippen molar-refractivity contribution in [3.05, 3.63) is 28.8 Å². The van der Waals surface area contributed by atoms with Crippen molar-refractivity contribution in [1.29, 1.82) is 0 Å². The lowest BCUT2D eigenvalue weighted by Crippen LogP contribution is -2.34. The molecule has 20 heavy (non-hydrogen) atoms. The molecule has 5 unspecified atom stereocenters. The largest absolute Gasteiger partial charge is 0.378 e. The fourth-order valence-corrected chi connectivity index (χ4v) is 5.35. The minimum absolute atomic E-state index is 0.147. The molecule has 3 aliphatic carbocycles. The molecule has 1 aromatic rings. The fourth-order valence-electron chi connectivity index (χ4n) is 5.10. The van der Waals surface area contributed by atoms with Crippen LogP contribution in [0.1, 0.15) is 32.1 Å². The summed E-state index contributed by atoms with van der Waals surface area (Å²) in [5, 5.41) is 3.42. The van der Waals surface area contributed by atoms with Crippen LogP contribution in [-0.2, 0) is 0 Å². The molecule has 1 nitrogen and oxygen atoms in total. The van der Waals surface area contributed by atoms with Gasteiger partial charge in [0, 0.05) is 12.1 Å². The third-order valence-electron chi connectivity index (χ3n) is 5.77. The molecule has 3 fully saturated rings. The smallest absolute Gasteiger partial charge is 0.150 e. The Morgan fingerprint density at radius 3 is 2.65 bits per heavy atom. The van der Waals surface area contributed by atoms with Crippen LogP contribution in [-0.4, -0.2) is 6.04 Å². The molecule has 4 rings (SSSR count). The summed E-state index contributed by atoms with van der Waals surface area (Å²) in [6.07, 6.45) is 6.43. The molecule has 108 valence electrons. The van der Waals surface area contributed by atoms with Gasteiger partial charge < -0.3 is 5.32 Å². The van der Waals surface area contributed by atoms with Crippen molar-refractivity contribution in [2.45, 2.75) is 38.1 Å². The van der Waals surface area contributed by atoms with E-state index in [0.29, 0.717) is 12.0 Å². The lowest BCUT2D eigenvalue weighted by atomic mass is 9.79. The van der Waals surface area contributed by atoms with Gasteiger partial charge in [-0.05, 0) is 55.4 Å². The summed E-state index contributed by atoms with van der Waals surface area (Å²) >= 11 is 5.98. The molecule has 0 aliphatic heterocycles. The van der Waals surface area contributed by atoms with Crippen LogP contribution in [0, 0.1) is 35.3 Å². The quantitative estimate of drug-likeness (QED) is 0.822.